The Labute approximate surface area is 217 Å². The molecule has 0 aliphatic heterocycles. The highest BCUT2D eigenvalue weighted by atomic mass is 16.7. The van der Waals surface area contributed by atoms with Gasteiger partial charge in [0.2, 0.25) is 5.78 Å². The molecule has 4 rings (SSSR count). The fraction of sp³-hybridized carbons (Fsp3) is 0.750. The summed E-state index contributed by atoms with van der Waals surface area (Å²) in [7, 11) is 0. The monoisotopic (exact) mass is 518 g/mol. The molecular formula is C28H38O9. The lowest BCUT2D eigenvalue weighted by molar-refractivity contribution is -0.175. The summed E-state index contributed by atoms with van der Waals surface area (Å²) in [6, 6.07) is 0. The first-order valence-electron chi connectivity index (χ1n) is 13.5. The molecule has 9 nitrogen and oxygen atoms in total. The molecule has 0 bridgehead atoms. The van der Waals surface area contributed by atoms with E-state index in [2.05, 4.69) is 6.92 Å². The largest absolute Gasteiger partial charge is 0.509 e. The number of Topliss-reactive ketones (excluding diaryl/α,β-unsaturated/α-hetero) is 2. The minimum Gasteiger partial charge on any atom is -0.435 e. The summed E-state index contributed by atoms with van der Waals surface area (Å²) in [5.41, 5.74) is -1.95. The Balaban J connectivity index is 1.66. The van der Waals surface area contributed by atoms with Gasteiger partial charge in [0.15, 0.2) is 18.0 Å². The summed E-state index contributed by atoms with van der Waals surface area (Å²) in [4.78, 5) is 64.3. The molecule has 0 aromatic carbocycles. The van der Waals surface area contributed by atoms with Crippen LogP contribution in [0.2, 0.25) is 0 Å². The number of hydrogen-bond acceptors (Lipinski definition) is 9. The zero-order valence-electron chi connectivity index (χ0n) is 22.3. The Morgan fingerprint density at radius 2 is 1.73 bits per heavy atom. The van der Waals surface area contributed by atoms with Gasteiger partial charge in [0.25, 0.3) is 0 Å². The predicted molar refractivity (Wildman–Crippen MR) is 131 cm³/mol. The van der Waals surface area contributed by atoms with Crippen molar-refractivity contribution in [2.24, 2.45) is 28.6 Å². The summed E-state index contributed by atoms with van der Waals surface area (Å²) in [6.07, 6.45) is 3.79. The lowest BCUT2D eigenvalue weighted by atomic mass is 9.46. The van der Waals surface area contributed by atoms with Crippen molar-refractivity contribution in [3.05, 3.63) is 11.6 Å². The Hall–Kier alpha value is -2.71. The molecule has 0 heterocycles. The first-order chi connectivity index (χ1) is 17.5. The van der Waals surface area contributed by atoms with Gasteiger partial charge < -0.3 is 18.9 Å². The van der Waals surface area contributed by atoms with Crippen molar-refractivity contribution in [2.75, 3.05) is 19.8 Å². The zero-order chi connectivity index (χ0) is 27.0. The molecule has 4 aliphatic rings. The topological polar surface area (TPSA) is 122 Å². The molecule has 3 saturated carbocycles. The third kappa shape index (κ3) is 4.48. The normalized spacial score (nSPS) is 36.4. The van der Waals surface area contributed by atoms with Gasteiger partial charge in [-0.25, -0.2) is 9.59 Å². The molecule has 37 heavy (non-hydrogen) atoms. The van der Waals surface area contributed by atoms with Crippen molar-refractivity contribution >= 4 is 29.7 Å². The predicted octanol–water partition coefficient (Wildman–Crippen LogP) is 4.74. The molecule has 204 valence electrons. The zero-order valence-corrected chi connectivity index (χ0v) is 22.3. The highest BCUT2D eigenvalue weighted by molar-refractivity contribution is 5.95. The van der Waals surface area contributed by atoms with E-state index in [4.69, 9.17) is 18.9 Å². The maximum Gasteiger partial charge on any atom is 0.509 e. The second-order valence-electron chi connectivity index (χ2n) is 11.4. The van der Waals surface area contributed by atoms with Crippen LogP contribution in [0.4, 0.5) is 9.59 Å². The van der Waals surface area contributed by atoms with Crippen molar-refractivity contribution in [3.63, 3.8) is 0 Å². The fourth-order valence-corrected chi connectivity index (χ4v) is 7.81. The summed E-state index contributed by atoms with van der Waals surface area (Å²) < 4.78 is 20.8. The molecule has 3 fully saturated rings. The summed E-state index contributed by atoms with van der Waals surface area (Å²) in [5.74, 6) is -0.733. The second-order valence-corrected chi connectivity index (χ2v) is 11.4. The third-order valence-corrected chi connectivity index (χ3v) is 9.49. The molecule has 4 aliphatic carbocycles. The van der Waals surface area contributed by atoms with Crippen LogP contribution in [0.1, 0.15) is 79.1 Å². The van der Waals surface area contributed by atoms with Crippen molar-refractivity contribution in [1.29, 1.82) is 0 Å². The molecule has 0 spiro atoms. The van der Waals surface area contributed by atoms with Gasteiger partial charge >= 0.3 is 12.3 Å². The van der Waals surface area contributed by atoms with Gasteiger partial charge in [-0.2, -0.15) is 0 Å². The maximum atomic E-state index is 13.9. The van der Waals surface area contributed by atoms with Gasteiger partial charge in [0.1, 0.15) is 5.78 Å². The SMILES string of the molecule is CCCOC(=O)OCC(=O)[C@@]1(OC(=O)OCC)CC[C@H]2[C@@H]3CCC4=CC(=O)CC[C@]4(C)[C@H]3C(=O)C[C@@]21C. The van der Waals surface area contributed by atoms with E-state index in [1.807, 2.05) is 13.8 Å². The Morgan fingerprint density at radius 1 is 0.973 bits per heavy atom. The summed E-state index contributed by atoms with van der Waals surface area (Å²) in [6.45, 7) is 7.03. The van der Waals surface area contributed by atoms with Crippen molar-refractivity contribution in [2.45, 2.75) is 84.7 Å². The van der Waals surface area contributed by atoms with Crippen LogP contribution in [0.25, 0.3) is 0 Å². The Bertz CT molecular complexity index is 1020. The average Bonchev–Trinajstić information content (AvgIpc) is 3.13. The van der Waals surface area contributed by atoms with E-state index in [0.29, 0.717) is 25.7 Å². The number of rotatable bonds is 7. The molecule has 6 atom stereocenters. The van der Waals surface area contributed by atoms with Crippen LogP contribution in [0.5, 0.6) is 0 Å². The first kappa shape index (κ1) is 27.3. The highest BCUT2D eigenvalue weighted by Crippen LogP contribution is 2.67. The summed E-state index contributed by atoms with van der Waals surface area (Å²) in [5, 5.41) is 0. The number of carbonyl (C=O) groups is 5. The minimum absolute atomic E-state index is 0.00231. The van der Waals surface area contributed by atoms with E-state index in [-0.39, 0.29) is 60.8 Å². The van der Waals surface area contributed by atoms with E-state index in [1.54, 1.807) is 13.0 Å². The Kier molecular flexibility index (Phi) is 7.55. The van der Waals surface area contributed by atoms with Crippen LogP contribution in [0, 0.1) is 28.6 Å². The third-order valence-electron chi connectivity index (χ3n) is 9.49. The number of ketones is 3. The molecule has 0 aromatic rings. The molecule has 0 aromatic heterocycles. The van der Waals surface area contributed by atoms with Gasteiger partial charge in [-0.1, -0.05) is 26.3 Å². The van der Waals surface area contributed by atoms with Gasteiger partial charge in [0, 0.05) is 24.2 Å². The van der Waals surface area contributed by atoms with Gasteiger partial charge in [-0.3, -0.25) is 14.4 Å². The van der Waals surface area contributed by atoms with Crippen molar-refractivity contribution < 1.29 is 42.9 Å². The van der Waals surface area contributed by atoms with E-state index in [0.717, 1.165) is 18.4 Å². The molecule has 0 unspecified atom stereocenters. The van der Waals surface area contributed by atoms with Crippen LogP contribution in [-0.2, 0) is 33.3 Å². The fourth-order valence-electron chi connectivity index (χ4n) is 7.81. The van der Waals surface area contributed by atoms with Gasteiger partial charge in [0.05, 0.1) is 13.2 Å². The lowest BCUT2D eigenvalue weighted by Crippen LogP contribution is -2.62. The van der Waals surface area contributed by atoms with Gasteiger partial charge in [-0.05, 0) is 68.8 Å². The molecule has 0 saturated heterocycles. The molecule has 9 heteroatoms. The van der Waals surface area contributed by atoms with Crippen LogP contribution >= 0.6 is 0 Å². The maximum absolute atomic E-state index is 13.9. The van der Waals surface area contributed by atoms with E-state index in [1.165, 1.54) is 0 Å². The number of ether oxygens (including phenoxy) is 4. The quantitative estimate of drug-likeness (QED) is 0.440. The number of allylic oxidation sites excluding steroid dienone is 1. The number of fused-ring (bicyclic) bond motifs is 5. The van der Waals surface area contributed by atoms with E-state index >= 15 is 0 Å². The second kappa shape index (κ2) is 10.2. The standard InChI is InChI=1S/C28H38O9/c1-5-13-35-24(32)36-16-22(31)28(37-25(33)34-6-2)12-10-20-19-8-7-17-14-18(29)9-11-26(17,3)23(19)21(30)15-27(20,28)4/h14,19-20,23H,5-13,15-16H2,1-4H3/t19-,20-,23+,26-,27-,28-/m0/s1. The molecule has 0 amide bonds. The Morgan fingerprint density at radius 3 is 2.43 bits per heavy atom. The minimum atomic E-state index is -1.66. The van der Waals surface area contributed by atoms with Crippen molar-refractivity contribution in [3.8, 4) is 0 Å². The smallest absolute Gasteiger partial charge is 0.435 e. The average molecular weight is 519 g/mol. The molecular weight excluding hydrogens is 480 g/mol. The molecule has 0 N–H and O–H groups in total. The van der Waals surface area contributed by atoms with E-state index < -0.39 is 35.7 Å². The van der Waals surface area contributed by atoms with Crippen LogP contribution in [0.15, 0.2) is 11.6 Å². The van der Waals surface area contributed by atoms with E-state index in [9.17, 15) is 24.0 Å². The van der Waals surface area contributed by atoms with Gasteiger partial charge in [-0.15, -0.1) is 0 Å². The lowest BCUT2D eigenvalue weighted by Gasteiger charge is -2.57. The highest BCUT2D eigenvalue weighted by Gasteiger charge is 2.71. The van der Waals surface area contributed by atoms with Crippen LogP contribution < -0.4 is 0 Å². The number of hydrogen-bond donors (Lipinski definition) is 0. The van der Waals surface area contributed by atoms with Crippen LogP contribution in [0.3, 0.4) is 0 Å². The van der Waals surface area contributed by atoms with Crippen LogP contribution in [-0.4, -0.2) is 55.1 Å². The summed E-state index contributed by atoms with van der Waals surface area (Å²) >= 11 is 0. The van der Waals surface area contributed by atoms with Crippen molar-refractivity contribution in [1.82, 2.24) is 0 Å². The number of carbonyl (C=O) groups excluding carboxylic acids is 5. The molecule has 0 radical (unpaired) electrons. The first-order valence-corrected chi connectivity index (χ1v) is 13.5.